The van der Waals surface area contributed by atoms with Crippen LogP contribution in [0.25, 0.3) is 0 Å². The van der Waals surface area contributed by atoms with E-state index in [1.54, 1.807) is 7.11 Å². The van der Waals surface area contributed by atoms with Gasteiger partial charge < -0.3 is 9.84 Å². The zero-order valence-electron chi connectivity index (χ0n) is 7.84. The number of hydrogen-bond donors (Lipinski definition) is 1. The van der Waals surface area contributed by atoms with Gasteiger partial charge in [0.2, 0.25) is 0 Å². The van der Waals surface area contributed by atoms with Crippen molar-refractivity contribution in [1.29, 1.82) is 0 Å². The lowest BCUT2D eigenvalue weighted by Crippen LogP contribution is -2.27. The summed E-state index contributed by atoms with van der Waals surface area (Å²) in [6, 6.07) is 0. The van der Waals surface area contributed by atoms with Crippen LogP contribution in [0.5, 0.6) is 0 Å². The number of nitrogens with zero attached hydrogens (tertiary/aromatic N) is 1. The molecular formula is C9H17NO2. The quantitative estimate of drug-likeness (QED) is 0.589. The summed E-state index contributed by atoms with van der Waals surface area (Å²) in [4.78, 5) is 2.16. The molecule has 70 valence electrons. The van der Waals surface area contributed by atoms with Gasteiger partial charge in [-0.05, 0) is 6.54 Å². The van der Waals surface area contributed by atoms with Crippen molar-refractivity contribution in [3.05, 3.63) is 0 Å². The van der Waals surface area contributed by atoms with Gasteiger partial charge in [0.1, 0.15) is 6.61 Å². The zero-order valence-corrected chi connectivity index (χ0v) is 7.84. The summed E-state index contributed by atoms with van der Waals surface area (Å²) >= 11 is 0. The Morgan fingerprint density at radius 1 is 1.42 bits per heavy atom. The molecule has 0 aliphatic carbocycles. The minimum atomic E-state index is -0.0537. The Kier molecular flexibility index (Phi) is 8.14. The van der Waals surface area contributed by atoms with Crippen molar-refractivity contribution < 1.29 is 9.84 Å². The Balaban J connectivity index is 3.52. The summed E-state index contributed by atoms with van der Waals surface area (Å²) in [6.07, 6.45) is 0. The molecule has 0 heterocycles. The van der Waals surface area contributed by atoms with E-state index in [9.17, 15) is 0 Å². The van der Waals surface area contributed by atoms with Gasteiger partial charge in [0, 0.05) is 13.7 Å². The highest BCUT2D eigenvalue weighted by Gasteiger charge is 1.97. The van der Waals surface area contributed by atoms with E-state index in [4.69, 9.17) is 9.84 Å². The van der Waals surface area contributed by atoms with Gasteiger partial charge in [-0.1, -0.05) is 18.8 Å². The molecule has 0 spiro atoms. The Labute approximate surface area is 74.3 Å². The molecule has 0 rings (SSSR count). The molecule has 1 N–H and O–H groups in total. The van der Waals surface area contributed by atoms with Crippen LogP contribution in [0.3, 0.4) is 0 Å². The third-order valence-electron chi connectivity index (χ3n) is 1.57. The fourth-order valence-electron chi connectivity index (χ4n) is 0.793. The maximum Gasteiger partial charge on any atom is 0.104 e. The van der Waals surface area contributed by atoms with Gasteiger partial charge in [0.25, 0.3) is 0 Å². The lowest BCUT2D eigenvalue weighted by molar-refractivity contribution is 0.158. The molecule has 12 heavy (non-hydrogen) atoms. The highest BCUT2D eigenvalue weighted by atomic mass is 16.5. The molecule has 0 unspecified atom stereocenters. The summed E-state index contributed by atoms with van der Waals surface area (Å²) in [7, 11) is 1.69. The first kappa shape index (κ1) is 11.4. The van der Waals surface area contributed by atoms with Crippen LogP contribution < -0.4 is 0 Å². The number of rotatable bonds is 5. The van der Waals surface area contributed by atoms with Crippen LogP contribution in [0, 0.1) is 11.8 Å². The number of aliphatic hydroxyl groups is 1. The Morgan fingerprint density at radius 3 is 2.67 bits per heavy atom. The molecule has 0 bridgehead atoms. The molecule has 3 heteroatoms. The first-order valence-electron chi connectivity index (χ1n) is 4.13. The van der Waals surface area contributed by atoms with Crippen molar-refractivity contribution in [2.24, 2.45) is 0 Å². The van der Waals surface area contributed by atoms with Gasteiger partial charge >= 0.3 is 0 Å². The monoisotopic (exact) mass is 171 g/mol. The number of hydrogen-bond acceptors (Lipinski definition) is 3. The van der Waals surface area contributed by atoms with Gasteiger partial charge in [-0.3, -0.25) is 4.90 Å². The van der Waals surface area contributed by atoms with Crippen molar-refractivity contribution in [2.75, 3.05) is 40.0 Å². The van der Waals surface area contributed by atoms with Crippen molar-refractivity contribution in [2.45, 2.75) is 6.92 Å². The summed E-state index contributed by atoms with van der Waals surface area (Å²) in [6.45, 7) is 5.32. The molecule has 0 aromatic carbocycles. The first-order chi connectivity index (χ1) is 5.85. The molecule has 0 aromatic rings. The lowest BCUT2D eigenvalue weighted by atomic mass is 10.4. The third kappa shape index (κ3) is 6.17. The SMILES string of the molecule is CCN(CC#CCO)CCOC. The summed E-state index contributed by atoms with van der Waals surface area (Å²) in [5.74, 6) is 5.48. The Morgan fingerprint density at radius 2 is 2.17 bits per heavy atom. The van der Waals surface area contributed by atoms with Crippen molar-refractivity contribution in [3.63, 3.8) is 0 Å². The lowest BCUT2D eigenvalue weighted by Gasteiger charge is -2.15. The molecule has 0 atom stereocenters. The number of aliphatic hydroxyl groups excluding tert-OH is 1. The molecule has 3 nitrogen and oxygen atoms in total. The summed E-state index contributed by atoms with van der Waals surface area (Å²) in [5, 5.41) is 8.41. The van der Waals surface area contributed by atoms with E-state index in [-0.39, 0.29) is 6.61 Å². The van der Waals surface area contributed by atoms with Gasteiger partial charge in [-0.2, -0.15) is 0 Å². The molecule has 0 radical (unpaired) electrons. The first-order valence-corrected chi connectivity index (χ1v) is 4.13. The van der Waals surface area contributed by atoms with Crippen molar-refractivity contribution in [1.82, 2.24) is 4.90 Å². The normalized spacial score (nSPS) is 9.67. The summed E-state index contributed by atoms with van der Waals surface area (Å²) < 4.78 is 4.94. The molecule has 0 aromatic heterocycles. The zero-order chi connectivity index (χ0) is 9.23. The number of ether oxygens (including phenoxy) is 1. The van der Waals surface area contributed by atoms with Crippen LogP contribution in [0.2, 0.25) is 0 Å². The Bertz CT molecular complexity index is 148. The average Bonchev–Trinajstić information content (AvgIpc) is 2.11. The Hall–Kier alpha value is -0.560. The minimum absolute atomic E-state index is 0.0537. The van der Waals surface area contributed by atoms with Crippen LogP contribution >= 0.6 is 0 Å². The van der Waals surface area contributed by atoms with E-state index in [1.807, 2.05) is 0 Å². The van der Waals surface area contributed by atoms with Crippen molar-refractivity contribution >= 4 is 0 Å². The molecule has 0 aliphatic rings. The van der Waals surface area contributed by atoms with Crippen LogP contribution in [-0.2, 0) is 4.74 Å². The maximum absolute atomic E-state index is 8.41. The summed E-state index contributed by atoms with van der Waals surface area (Å²) in [5.41, 5.74) is 0. The number of likely N-dealkylation sites (N-methyl/N-ethyl adjacent to an activating group) is 1. The molecule has 0 fully saturated rings. The van der Waals surface area contributed by atoms with Crippen LogP contribution in [-0.4, -0.2) is 50.0 Å². The highest BCUT2D eigenvalue weighted by molar-refractivity contribution is 5.00. The van der Waals surface area contributed by atoms with E-state index in [2.05, 4.69) is 23.7 Å². The van der Waals surface area contributed by atoms with Crippen LogP contribution in [0.1, 0.15) is 6.92 Å². The fourth-order valence-corrected chi connectivity index (χ4v) is 0.793. The van der Waals surface area contributed by atoms with Gasteiger partial charge in [0.15, 0.2) is 0 Å². The van der Waals surface area contributed by atoms with Gasteiger partial charge in [-0.15, -0.1) is 0 Å². The van der Waals surface area contributed by atoms with E-state index in [0.717, 1.165) is 19.7 Å². The third-order valence-corrected chi connectivity index (χ3v) is 1.57. The predicted molar refractivity (Wildman–Crippen MR) is 48.9 cm³/mol. The average molecular weight is 171 g/mol. The van der Waals surface area contributed by atoms with Crippen LogP contribution in [0.4, 0.5) is 0 Å². The molecule has 0 saturated heterocycles. The highest BCUT2D eigenvalue weighted by Crippen LogP contribution is 1.85. The van der Waals surface area contributed by atoms with Gasteiger partial charge in [0.05, 0.1) is 13.2 Å². The fraction of sp³-hybridized carbons (Fsp3) is 0.778. The second-order valence-corrected chi connectivity index (χ2v) is 2.37. The van der Waals surface area contributed by atoms with E-state index >= 15 is 0 Å². The second-order valence-electron chi connectivity index (χ2n) is 2.37. The van der Waals surface area contributed by atoms with Crippen LogP contribution in [0.15, 0.2) is 0 Å². The minimum Gasteiger partial charge on any atom is -0.384 e. The predicted octanol–water partition coefficient (Wildman–Crippen LogP) is -0.0496. The van der Waals surface area contributed by atoms with Crippen molar-refractivity contribution in [3.8, 4) is 11.8 Å². The van der Waals surface area contributed by atoms with E-state index < -0.39 is 0 Å². The molecule has 0 amide bonds. The second kappa shape index (κ2) is 8.54. The number of methoxy groups -OCH3 is 1. The molecule has 0 saturated carbocycles. The van der Waals surface area contributed by atoms with E-state index in [1.165, 1.54) is 0 Å². The van der Waals surface area contributed by atoms with Gasteiger partial charge in [-0.25, -0.2) is 0 Å². The smallest absolute Gasteiger partial charge is 0.104 e. The maximum atomic E-state index is 8.41. The standard InChI is InChI=1S/C9H17NO2/c1-3-10(7-9-12-2)6-4-5-8-11/h11H,3,6-9H2,1-2H3. The van der Waals surface area contributed by atoms with E-state index in [0.29, 0.717) is 6.54 Å². The molecule has 0 aliphatic heterocycles. The largest absolute Gasteiger partial charge is 0.384 e. The molecular weight excluding hydrogens is 154 g/mol. The topological polar surface area (TPSA) is 32.7 Å².